The minimum Gasteiger partial charge on any atom is -0.261 e. The van der Waals surface area contributed by atoms with Gasteiger partial charge in [-0.15, -0.1) is 0 Å². The zero-order valence-corrected chi connectivity index (χ0v) is 26.5. The molecule has 0 atom stereocenters. The van der Waals surface area contributed by atoms with Crippen LogP contribution in [0.4, 0.5) is 0 Å². The van der Waals surface area contributed by atoms with Crippen molar-refractivity contribution in [1.82, 2.24) is 4.98 Å². The lowest BCUT2D eigenvalue weighted by Gasteiger charge is -2.24. The molecule has 4 rings (SSSR count). The third kappa shape index (κ3) is 17.2. The monoisotopic (exact) mass is 517 g/mol. The van der Waals surface area contributed by atoms with E-state index < -0.39 is 0 Å². The van der Waals surface area contributed by atoms with Crippen molar-refractivity contribution in [3.05, 3.63) is 102 Å². The highest BCUT2D eigenvalue weighted by Crippen LogP contribution is 2.29. The molecule has 0 unspecified atom stereocenters. The SMILES string of the molecule is CC.CC(C)C1CCCCC1.CC(C)c1ccccc1.CC(C)c1ccccc1.CC(C)c1ccccn1. The second-order valence-corrected chi connectivity index (χ2v) is 11.2. The van der Waals surface area contributed by atoms with Gasteiger partial charge in [0, 0.05) is 11.9 Å². The zero-order chi connectivity index (χ0) is 28.8. The lowest BCUT2D eigenvalue weighted by molar-refractivity contribution is 0.279. The number of nitrogens with zero attached hydrogens (tertiary/aromatic N) is 1. The van der Waals surface area contributed by atoms with E-state index in [0.717, 1.165) is 17.5 Å². The fourth-order valence-electron chi connectivity index (χ4n) is 4.19. The van der Waals surface area contributed by atoms with Crippen molar-refractivity contribution in [3.63, 3.8) is 0 Å². The molecular weight excluding hydrogens is 458 g/mol. The first-order valence-corrected chi connectivity index (χ1v) is 15.2. The van der Waals surface area contributed by atoms with E-state index in [-0.39, 0.29) is 0 Å². The van der Waals surface area contributed by atoms with Gasteiger partial charge in [0.25, 0.3) is 0 Å². The van der Waals surface area contributed by atoms with Gasteiger partial charge in [0.15, 0.2) is 0 Å². The average Bonchev–Trinajstić information content (AvgIpc) is 2.97. The van der Waals surface area contributed by atoms with Gasteiger partial charge in [0.05, 0.1) is 0 Å². The molecule has 1 heterocycles. The van der Waals surface area contributed by atoms with Crippen LogP contribution in [-0.2, 0) is 0 Å². The maximum atomic E-state index is 4.18. The van der Waals surface area contributed by atoms with Crippen LogP contribution in [0.2, 0.25) is 0 Å². The molecule has 0 bridgehead atoms. The molecule has 2 aromatic carbocycles. The predicted octanol–water partition coefficient (Wildman–Crippen LogP) is 12.1. The summed E-state index contributed by atoms with van der Waals surface area (Å²) in [5.74, 6) is 3.85. The Kier molecular flexibility index (Phi) is 21.1. The van der Waals surface area contributed by atoms with Gasteiger partial charge in [-0.3, -0.25) is 4.98 Å². The Bertz CT molecular complexity index is 757. The van der Waals surface area contributed by atoms with E-state index >= 15 is 0 Å². The first-order valence-electron chi connectivity index (χ1n) is 15.2. The fourth-order valence-corrected chi connectivity index (χ4v) is 4.19. The quantitative estimate of drug-likeness (QED) is 0.335. The van der Waals surface area contributed by atoms with E-state index in [4.69, 9.17) is 0 Å². The van der Waals surface area contributed by atoms with Gasteiger partial charge in [-0.2, -0.15) is 0 Å². The lowest BCUT2D eigenvalue weighted by Crippen LogP contribution is -2.12. The summed E-state index contributed by atoms with van der Waals surface area (Å²) in [7, 11) is 0. The molecule has 0 aliphatic heterocycles. The maximum Gasteiger partial charge on any atom is 0.0428 e. The molecule has 0 radical (unpaired) electrons. The number of benzene rings is 2. The molecule has 3 aromatic rings. The molecule has 1 fully saturated rings. The molecule has 1 aliphatic carbocycles. The van der Waals surface area contributed by atoms with E-state index in [1.54, 1.807) is 0 Å². The van der Waals surface area contributed by atoms with Crippen molar-refractivity contribution < 1.29 is 0 Å². The van der Waals surface area contributed by atoms with Crippen LogP contribution in [0.5, 0.6) is 0 Å². The van der Waals surface area contributed by atoms with E-state index in [9.17, 15) is 0 Å². The summed E-state index contributed by atoms with van der Waals surface area (Å²) in [5.41, 5.74) is 3.99. The summed E-state index contributed by atoms with van der Waals surface area (Å²) in [6.45, 7) is 21.8. The van der Waals surface area contributed by atoms with E-state index in [1.807, 2.05) is 50.4 Å². The molecule has 0 N–H and O–H groups in total. The predicted molar refractivity (Wildman–Crippen MR) is 172 cm³/mol. The number of hydrogen-bond donors (Lipinski definition) is 0. The number of hydrogen-bond acceptors (Lipinski definition) is 1. The van der Waals surface area contributed by atoms with Crippen LogP contribution in [0.3, 0.4) is 0 Å². The summed E-state index contributed by atoms with van der Waals surface area (Å²) >= 11 is 0. The first-order chi connectivity index (χ1) is 18.2. The van der Waals surface area contributed by atoms with Gasteiger partial charge in [0.1, 0.15) is 0 Å². The van der Waals surface area contributed by atoms with Crippen LogP contribution in [0.1, 0.15) is 136 Å². The van der Waals surface area contributed by atoms with Crippen molar-refractivity contribution in [2.45, 2.75) is 119 Å². The van der Waals surface area contributed by atoms with Gasteiger partial charge in [0.2, 0.25) is 0 Å². The Hall–Kier alpha value is -2.41. The second kappa shape index (κ2) is 22.6. The Morgan fingerprint density at radius 1 is 0.526 bits per heavy atom. The largest absolute Gasteiger partial charge is 0.261 e. The summed E-state index contributed by atoms with van der Waals surface area (Å²) < 4.78 is 0. The molecule has 0 saturated heterocycles. The summed E-state index contributed by atoms with van der Waals surface area (Å²) in [5, 5.41) is 0. The van der Waals surface area contributed by atoms with Crippen molar-refractivity contribution in [1.29, 1.82) is 0 Å². The number of aromatic nitrogens is 1. The summed E-state index contributed by atoms with van der Waals surface area (Å²) in [4.78, 5) is 4.18. The highest BCUT2D eigenvalue weighted by atomic mass is 14.7. The van der Waals surface area contributed by atoms with Crippen LogP contribution < -0.4 is 0 Å². The second-order valence-electron chi connectivity index (χ2n) is 11.2. The van der Waals surface area contributed by atoms with Crippen molar-refractivity contribution in [2.75, 3.05) is 0 Å². The number of pyridine rings is 1. The van der Waals surface area contributed by atoms with Crippen molar-refractivity contribution >= 4 is 0 Å². The highest BCUT2D eigenvalue weighted by Gasteiger charge is 2.15. The van der Waals surface area contributed by atoms with E-state index in [0.29, 0.717) is 17.8 Å². The molecule has 0 amide bonds. The van der Waals surface area contributed by atoms with Crippen LogP contribution in [0.25, 0.3) is 0 Å². The van der Waals surface area contributed by atoms with Crippen molar-refractivity contribution in [2.24, 2.45) is 11.8 Å². The summed E-state index contributed by atoms with van der Waals surface area (Å²) in [6, 6.07) is 27.0. The van der Waals surface area contributed by atoms with Crippen molar-refractivity contribution in [3.8, 4) is 0 Å². The molecule has 38 heavy (non-hydrogen) atoms. The molecule has 1 aliphatic rings. The van der Waals surface area contributed by atoms with Crippen LogP contribution >= 0.6 is 0 Å². The van der Waals surface area contributed by atoms with E-state index in [1.165, 1.54) is 43.2 Å². The zero-order valence-electron chi connectivity index (χ0n) is 26.5. The van der Waals surface area contributed by atoms with Crippen LogP contribution in [-0.4, -0.2) is 4.98 Å². The molecule has 1 aromatic heterocycles. The molecule has 1 nitrogen and oxygen atoms in total. The first kappa shape index (κ1) is 35.6. The molecular formula is C37H59N. The molecule has 0 spiro atoms. The number of rotatable bonds is 4. The van der Waals surface area contributed by atoms with Gasteiger partial charge < -0.3 is 0 Å². The highest BCUT2D eigenvalue weighted by molar-refractivity contribution is 5.18. The Labute approximate surface area is 237 Å². The van der Waals surface area contributed by atoms with Gasteiger partial charge in [-0.05, 0) is 52.8 Å². The fraction of sp³-hybridized carbons (Fsp3) is 0.541. The lowest BCUT2D eigenvalue weighted by atomic mass is 9.82. The normalized spacial score (nSPS) is 12.8. The van der Waals surface area contributed by atoms with Crippen LogP contribution in [0.15, 0.2) is 85.1 Å². The van der Waals surface area contributed by atoms with E-state index in [2.05, 4.69) is 109 Å². The molecule has 1 heteroatoms. The standard InChI is InChI=1S/C9H18.2C9H12.C8H11N.C2H6/c3*1-8(2)9-6-4-3-5-7-9;1-7(2)8-5-3-4-6-9-8;1-2/h8-9H,3-7H2,1-2H3;2*3-8H,1-2H3;3-7H,1-2H3;1-2H3. The molecule has 212 valence electrons. The maximum absolute atomic E-state index is 4.18. The third-order valence-electron chi connectivity index (χ3n) is 6.80. The average molecular weight is 518 g/mol. The summed E-state index contributed by atoms with van der Waals surface area (Å²) in [6.07, 6.45) is 9.29. The third-order valence-corrected chi connectivity index (χ3v) is 6.80. The van der Waals surface area contributed by atoms with Gasteiger partial charge in [-0.25, -0.2) is 0 Å². The van der Waals surface area contributed by atoms with Gasteiger partial charge >= 0.3 is 0 Å². The Balaban J connectivity index is 0.000000470. The minimum atomic E-state index is 0.547. The van der Waals surface area contributed by atoms with Gasteiger partial charge in [-0.1, -0.05) is 168 Å². The Morgan fingerprint density at radius 2 is 0.947 bits per heavy atom. The minimum absolute atomic E-state index is 0.547. The van der Waals surface area contributed by atoms with Crippen LogP contribution in [0, 0.1) is 11.8 Å². The smallest absolute Gasteiger partial charge is 0.0428 e. The topological polar surface area (TPSA) is 12.9 Å². The molecule has 1 saturated carbocycles. The Morgan fingerprint density at radius 3 is 1.18 bits per heavy atom.